The molecule has 0 radical (unpaired) electrons. The van der Waals surface area contributed by atoms with Gasteiger partial charge in [-0.1, -0.05) is 20.8 Å². The zero-order valence-corrected chi connectivity index (χ0v) is 10.7. The summed E-state index contributed by atoms with van der Waals surface area (Å²) in [7, 11) is 0. The van der Waals surface area contributed by atoms with E-state index in [1.54, 1.807) is 0 Å². The molecule has 5 heteroatoms. The third kappa shape index (κ3) is 2.60. The van der Waals surface area contributed by atoms with Gasteiger partial charge in [0.15, 0.2) is 0 Å². The Morgan fingerprint density at radius 1 is 1.59 bits per heavy atom. The average Bonchev–Trinajstić information content (AvgIpc) is 2.68. The van der Waals surface area contributed by atoms with Gasteiger partial charge in [0.2, 0.25) is 5.88 Å². The maximum absolute atomic E-state index is 12.1. The van der Waals surface area contributed by atoms with E-state index in [1.807, 2.05) is 10.9 Å². The Morgan fingerprint density at radius 2 is 2.35 bits per heavy atom. The van der Waals surface area contributed by atoms with Crippen molar-refractivity contribution >= 4 is 0 Å². The van der Waals surface area contributed by atoms with Crippen LogP contribution in [0.3, 0.4) is 0 Å². The Labute approximate surface area is 101 Å². The van der Waals surface area contributed by atoms with Crippen LogP contribution in [0.4, 0.5) is 4.39 Å². The van der Waals surface area contributed by atoms with Crippen LogP contribution in [0.5, 0.6) is 5.88 Å². The molecule has 17 heavy (non-hydrogen) atoms. The van der Waals surface area contributed by atoms with Gasteiger partial charge in [-0.3, -0.25) is 0 Å². The topological polar surface area (TPSA) is 39.1 Å². The highest BCUT2D eigenvalue weighted by Gasteiger charge is 2.28. The van der Waals surface area contributed by atoms with Gasteiger partial charge in [0.05, 0.1) is 18.8 Å². The second-order valence-corrected chi connectivity index (χ2v) is 5.45. The smallest absolute Gasteiger partial charge is 0.215 e. The molecule has 4 nitrogen and oxygen atoms in total. The van der Waals surface area contributed by atoms with Gasteiger partial charge in [0, 0.05) is 12.1 Å². The minimum atomic E-state index is -0.351. The van der Waals surface area contributed by atoms with Crippen molar-refractivity contribution in [3.8, 4) is 5.88 Å². The first kappa shape index (κ1) is 12.4. The van der Waals surface area contributed by atoms with Crippen molar-refractivity contribution in [3.63, 3.8) is 0 Å². The van der Waals surface area contributed by atoms with Gasteiger partial charge < -0.3 is 10.1 Å². The summed E-state index contributed by atoms with van der Waals surface area (Å²) in [6, 6.07) is 0.144. The molecular formula is C12H20FN3O. The number of nitrogens with zero attached hydrogens (tertiary/aromatic N) is 2. The van der Waals surface area contributed by atoms with Gasteiger partial charge in [-0.15, -0.1) is 0 Å². The van der Waals surface area contributed by atoms with E-state index in [0.717, 1.165) is 18.0 Å². The number of nitrogens with one attached hydrogen (secondary N) is 1. The molecule has 0 aliphatic carbocycles. The first-order valence-corrected chi connectivity index (χ1v) is 6.01. The molecule has 0 amide bonds. The highest BCUT2D eigenvalue weighted by molar-refractivity contribution is 5.32. The van der Waals surface area contributed by atoms with Gasteiger partial charge in [0.1, 0.15) is 13.3 Å². The van der Waals surface area contributed by atoms with E-state index in [-0.39, 0.29) is 18.1 Å². The molecule has 0 aromatic carbocycles. The third-order valence-electron chi connectivity index (χ3n) is 2.94. The van der Waals surface area contributed by atoms with Crippen LogP contribution in [0.1, 0.15) is 26.3 Å². The normalized spacial score (nSPS) is 19.9. The van der Waals surface area contributed by atoms with Gasteiger partial charge in [-0.25, -0.2) is 9.07 Å². The first-order chi connectivity index (χ1) is 8.02. The summed E-state index contributed by atoms with van der Waals surface area (Å²) in [5.41, 5.74) is 1.16. The molecule has 0 saturated carbocycles. The first-order valence-electron chi connectivity index (χ1n) is 6.01. The van der Waals surface area contributed by atoms with Gasteiger partial charge in [-0.05, 0) is 5.41 Å². The van der Waals surface area contributed by atoms with Crippen molar-refractivity contribution < 1.29 is 9.13 Å². The van der Waals surface area contributed by atoms with Crippen LogP contribution in [-0.2, 0) is 12.0 Å². The molecular weight excluding hydrogens is 221 g/mol. The Bertz CT molecular complexity index is 384. The van der Waals surface area contributed by atoms with Crippen LogP contribution in [-0.4, -0.2) is 35.6 Å². The van der Waals surface area contributed by atoms with Crippen molar-refractivity contribution in [2.45, 2.75) is 38.8 Å². The van der Waals surface area contributed by atoms with E-state index in [0.29, 0.717) is 13.2 Å². The highest BCUT2D eigenvalue weighted by Crippen LogP contribution is 2.32. The number of alkyl halides is 1. The highest BCUT2D eigenvalue weighted by atomic mass is 19.1. The Balaban J connectivity index is 2.11. The van der Waals surface area contributed by atoms with Crippen molar-refractivity contribution in [2.75, 3.05) is 19.8 Å². The predicted octanol–water partition coefficient (Wildman–Crippen LogP) is 1.50. The SMILES string of the molecule is CC(C)(C)c1cnn2c1OC[C@H](NCCF)C2. The van der Waals surface area contributed by atoms with Crippen LogP contribution in [0.25, 0.3) is 0 Å². The number of hydrogen-bond donors (Lipinski definition) is 1. The van der Waals surface area contributed by atoms with Crippen molar-refractivity contribution in [2.24, 2.45) is 0 Å². The maximum atomic E-state index is 12.1. The summed E-state index contributed by atoms with van der Waals surface area (Å²) >= 11 is 0. The number of fused-ring (bicyclic) bond motifs is 1. The summed E-state index contributed by atoms with van der Waals surface area (Å²) in [6.45, 7) is 7.76. The molecule has 1 aliphatic heterocycles. The molecule has 0 fully saturated rings. The Morgan fingerprint density at radius 3 is 3.00 bits per heavy atom. The quantitative estimate of drug-likeness (QED) is 0.871. The Kier molecular flexibility index (Phi) is 3.38. The van der Waals surface area contributed by atoms with E-state index < -0.39 is 0 Å². The minimum absolute atomic E-state index is 0.0345. The predicted molar refractivity (Wildman–Crippen MR) is 64.2 cm³/mol. The zero-order chi connectivity index (χ0) is 12.5. The third-order valence-corrected chi connectivity index (χ3v) is 2.94. The summed E-state index contributed by atoms with van der Waals surface area (Å²) in [5.74, 6) is 0.857. The number of halogens is 1. The van der Waals surface area contributed by atoms with E-state index >= 15 is 0 Å². The van der Waals surface area contributed by atoms with Gasteiger partial charge in [0.25, 0.3) is 0 Å². The molecule has 0 saturated heterocycles. The Hall–Kier alpha value is -1.10. The molecule has 1 aromatic rings. The second kappa shape index (κ2) is 4.64. The fourth-order valence-corrected chi connectivity index (χ4v) is 1.99. The largest absolute Gasteiger partial charge is 0.476 e. The summed E-state index contributed by atoms with van der Waals surface area (Å²) < 4.78 is 19.7. The van der Waals surface area contributed by atoms with E-state index in [1.165, 1.54) is 0 Å². The molecule has 1 N–H and O–H groups in total. The molecule has 1 aromatic heterocycles. The molecule has 0 spiro atoms. The number of ether oxygens (including phenoxy) is 1. The average molecular weight is 241 g/mol. The fourth-order valence-electron chi connectivity index (χ4n) is 1.99. The van der Waals surface area contributed by atoms with Gasteiger partial charge >= 0.3 is 0 Å². The summed E-state index contributed by atoms with van der Waals surface area (Å²) in [4.78, 5) is 0. The van der Waals surface area contributed by atoms with E-state index in [4.69, 9.17) is 4.74 Å². The zero-order valence-electron chi connectivity index (χ0n) is 10.7. The lowest BCUT2D eigenvalue weighted by Gasteiger charge is -2.27. The van der Waals surface area contributed by atoms with Gasteiger partial charge in [-0.2, -0.15) is 5.10 Å². The lowest BCUT2D eigenvalue weighted by Crippen LogP contribution is -2.43. The standard InChI is InChI=1S/C12H20FN3O/c1-12(2,3)10-6-15-16-7-9(14-5-4-13)8-17-11(10)16/h6,9,14H,4-5,7-8H2,1-3H3/t9-/m1/s1. The molecule has 2 rings (SSSR count). The minimum Gasteiger partial charge on any atom is -0.476 e. The second-order valence-electron chi connectivity index (χ2n) is 5.45. The number of hydrogen-bond acceptors (Lipinski definition) is 3. The van der Waals surface area contributed by atoms with Crippen molar-refractivity contribution in [1.82, 2.24) is 15.1 Å². The van der Waals surface area contributed by atoms with E-state index in [9.17, 15) is 4.39 Å². The lowest BCUT2D eigenvalue weighted by molar-refractivity contribution is 0.178. The lowest BCUT2D eigenvalue weighted by atomic mass is 9.89. The summed E-state index contributed by atoms with van der Waals surface area (Å²) in [5, 5.41) is 7.44. The van der Waals surface area contributed by atoms with Crippen LogP contribution in [0, 0.1) is 0 Å². The van der Waals surface area contributed by atoms with Crippen LogP contribution in [0.15, 0.2) is 6.20 Å². The molecule has 96 valence electrons. The number of aromatic nitrogens is 2. The van der Waals surface area contributed by atoms with Crippen LogP contribution in [0.2, 0.25) is 0 Å². The van der Waals surface area contributed by atoms with Crippen molar-refractivity contribution in [3.05, 3.63) is 11.8 Å². The fraction of sp³-hybridized carbons (Fsp3) is 0.750. The molecule has 1 aliphatic rings. The monoisotopic (exact) mass is 241 g/mol. The molecule has 1 atom stereocenters. The van der Waals surface area contributed by atoms with Crippen LogP contribution < -0.4 is 10.1 Å². The molecule has 0 bridgehead atoms. The molecule has 2 heterocycles. The van der Waals surface area contributed by atoms with Crippen molar-refractivity contribution in [1.29, 1.82) is 0 Å². The summed E-state index contributed by atoms with van der Waals surface area (Å²) in [6.07, 6.45) is 1.87. The van der Waals surface area contributed by atoms with Crippen LogP contribution >= 0.6 is 0 Å². The van der Waals surface area contributed by atoms with E-state index in [2.05, 4.69) is 31.2 Å². The number of rotatable bonds is 3. The maximum Gasteiger partial charge on any atom is 0.215 e. The molecule has 0 unspecified atom stereocenters.